The van der Waals surface area contributed by atoms with Crippen LogP contribution in [-0.4, -0.2) is 16.1 Å². The summed E-state index contributed by atoms with van der Waals surface area (Å²) in [5, 5.41) is 10.2. The molecule has 0 aliphatic heterocycles. The van der Waals surface area contributed by atoms with Crippen molar-refractivity contribution in [2.45, 2.75) is 6.92 Å². The van der Waals surface area contributed by atoms with Crippen molar-refractivity contribution < 1.29 is 9.90 Å². The molecular formula is C17H13NO2. The van der Waals surface area contributed by atoms with Gasteiger partial charge in [0.25, 0.3) is 0 Å². The number of carbonyl (C=O) groups is 1. The number of aryl methyl sites for hydroxylation is 1. The number of carboxylic acid groups (broad SMARTS) is 1. The van der Waals surface area contributed by atoms with E-state index in [-0.39, 0.29) is 0 Å². The van der Waals surface area contributed by atoms with Crippen molar-refractivity contribution in [1.82, 2.24) is 4.98 Å². The van der Waals surface area contributed by atoms with Crippen LogP contribution in [0, 0.1) is 6.92 Å². The van der Waals surface area contributed by atoms with Gasteiger partial charge in [-0.25, -0.2) is 4.79 Å². The molecule has 0 amide bonds. The van der Waals surface area contributed by atoms with Gasteiger partial charge in [-0.2, -0.15) is 0 Å². The quantitative estimate of drug-likeness (QED) is 0.762. The van der Waals surface area contributed by atoms with Crippen LogP contribution in [0.4, 0.5) is 0 Å². The Morgan fingerprint density at radius 3 is 2.75 bits per heavy atom. The zero-order valence-electron chi connectivity index (χ0n) is 11.0. The fourth-order valence-corrected chi connectivity index (χ4v) is 2.31. The molecule has 0 fully saturated rings. The van der Waals surface area contributed by atoms with Crippen LogP contribution in [0.15, 0.2) is 54.7 Å². The molecule has 0 spiro atoms. The lowest BCUT2D eigenvalue weighted by Gasteiger charge is -2.08. The Bertz CT molecular complexity index is 809. The van der Waals surface area contributed by atoms with Crippen molar-refractivity contribution in [3.8, 4) is 11.1 Å². The molecule has 3 nitrogen and oxygen atoms in total. The van der Waals surface area contributed by atoms with E-state index in [1.165, 1.54) is 0 Å². The highest BCUT2D eigenvalue weighted by molar-refractivity contribution is 5.91. The van der Waals surface area contributed by atoms with Crippen molar-refractivity contribution in [2.24, 2.45) is 0 Å². The van der Waals surface area contributed by atoms with Crippen LogP contribution in [0.1, 0.15) is 15.9 Å². The second-order valence-electron chi connectivity index (χ2n) is 4.75. The fourth-order valence-electron chi connectivity index (χ4n) is 2.31. The number of nitrogens with zero attached hydrogens (tertiary/aromatic N) is 1. The van der Waals surface area contributed by atoms with Gasteiger partial charge in [-0.15, -0.1) is 0 Å². The van der Waals surface area contributed by atoms with E-state index in [0.29, 0.717) is 5.56 Å². The lowest BCUT2D eigenvalue weighted by atomic mass is 9.97. The van der Waals surface area contributed by atoms with Crippen molar-refractivity contribution in [3.63, 3.8) is 0 Å². The van der Waals surface area contributed by atoms with Crippen molar-refractivity contribution in [3.05, 3.63) is 65.9 Å². The summed E-state index contributed by atoms with van der Waals surface area (Å²) in [5.74, 6) is -0.909. The number of aromatic nitrogens is 1. The third-order valence-electron chi connectivity index (χ3n) is 3.40. The molecule has 2 aromatic carbocycles. The predicted octanol–water partition coefficient (Wildman–Crippen LogP) is 3.91. The summed E-state index contributed by atoms with van der Waals surface area (Å²) in [6.07, 6.45) is 1.76. The molecule has 1 heterocycles. The highest BCUT2D eigenvalue weighted by atomic mass is 16.4. The van der Waals surface area contributed by atoms with Crippen molar-refractivity contribution in [2.75, 3.05) is 0 Å². The average Bonchev–Trinajstić information content (AvgIpc) is 2.47. The van der Waals surface area contributed by atoms with Crippen LogP contribution in [0.2, 0.25) is 0 Å². The first-order valence-corrected chi connectivity index (χ1v) is 6.34. The zero-order valence-corrected chi connectivity index (χ0v) is 11.0. The van der Waals surface area contributed by atoms with E-state index in [9.17, 15) is 4.79 Å². The SMILES string of the molecule is Cc1ccc(C(=O)O)cc1-c1ccc2ncccc2c1. The van der Waals surface area contributed by atoms with Crippen LogP contribution >= 0.6 is 0 Å². The lowest BCUT2D eigenvalue weighted by molar-refractivity contribution is 0.0697. The smallest absolute Gasteiger partial charge is 0.335 e. The summed E-state index contributed by atoms with van der Waals surface area (Å²) in [5.41, 5.74) is 4.24. The number of fused-ring (bicyclic) bond motifs is 1. The summed E-state index contributed by atoms with van der Waals surface area (Å²) in [6.45, 7) is 1.98. The second-order valence-corrected chi connectivity index (χ2v) is 4.75. The van der Waals surface area contributed by atoms with Gasteiger partial charge in [-0.3, -0.25) is 4.98 Å². The molecule has 3 rings (SSSR count). The maximum absolute atomic E-state index is 11.1. The second kappa shape index (κ2) is 4.78. The Morgan fingerprint density at radius 1 is 1.10 bits per heavy atom. The minimum absolute atomic E-state index is 0.303. The van der Waals surface area contributed by atoms with Gasteiger partial charge >= 0.3 is 5.97 Å². The average molecular weight is 263 g/mol. The van der Waals surface area contributed by atoms with E-state index in [0.717, 1.165) is 27.6 Å². The zero-order chi connectivity index (χ0) is 14.1. The molecule has 0 atom stereocenters. The van der Waals surface area contributed by atoms with Crippen LogP contribution < -0.4 is 0 Å². The minimum atomic E-state index is -0.909. The molecule has 0 aliphatic carbocycles. The van der Waals surface area contributed by atoms with E-state index >= 15 is 0 Å². The topological polar surface area (TPSA) is 50.2 Å². The summed E-state index contributed by atoms with van der Waals surface area (Å²) >= 11 is 0. The number of aromatic carboxylic acids is 1. The molecular weight excluding hydrogens is 250 g/mol. The van der Waals surface area contributed by atoms with Gasteiger partial charge in [-0.1, -0.05) is 18.2 Å². The molecule has 0 radical (unpaired) electrons. The first-order chi connectivity index (χ1) is 9.65. The minimum Gasteiger partial charge on any atom is -0.478 e. The van der Waals surface area contributed by atoms with E-state index in [4.69, 9.17) is 5.11 Å². The Hall–Kier alpha value is -2.68. The number of hydrogen-bond acceptors (Lipinski definition) is 2. The van der Waals surface area contributed by atoms with Gasteiger partial charge in [-0.05, 0) is 53.9 Å². The largest absolute Gasteiger partial charge is 0.478 e. The Labute approximate surface area is 116 Å². The van der Waals surface area contributed by atoms with Crippen LogP contribution in [0.3, 0.4) is 0 Å². The van der Waals surface area contributed by atoms with E-state index < -0.39 is 5.97 Å². The van der Waals surface area contributed by atoms with Crippen molar-refractivity contribution >= 4 is 16.9 Å². The van der Waals surface area contributed by atoms with E-state index in [1.54, 1.807) is 18.3 Å². The predicted molar refractivity (Wildman–Crippen MR) is 78.9 cm³/mol. The van der Waals surface area contributed by atoms with Gasteiger partial charge < -0.3 is 5.11 Å². The molecule has 20 heavy (non-hydrogen) atoms. The number of hydrogen-bond donors (Lipinski definition) is 1. The first-order valence-electron chi connectivity index (χ1n) is 6.34. The summed E-state index contributed by atoms with van der Waals surface area (Å²) < 4.78 is 0. The third-order valence-corrected chi connectivity index (χ3v) is 3.40. The summed E-state index contributed by atoms with van der Waals surface area (Å²) in [7, 11) is 0. The Kier molecular flexibility index (Phi) is 2.95. The molecule has 0 saturated carbocycles. The highest BCUT2D eigenvalue weighted by Gasteiger charge is 2.08. The molecule has 3 heteroatoms. The Balaban J connectivity index is 2.19. The Morgan fingerprint density at radius 2 is 1.95 bits per heavy atom. The fraction of sp³-hybridized carbons (Fsp3) is 0.0588. The number of rotatable bonds is 2. The van der Waals surface area contributed by atoms with Crippen LogP contribution in [0.5, 0.6) is 0 Å². The van der Waals surface area contributed by atoms with Crippen LogP contribution in [0.25, 0.3) is 22.0 Å². The van der Waals surface area contributed by atoms with Crippen LogP contribution in [-0.2, 0) is 0 Å². The van der Waals surface area contributed by atoms with E-state index in [2.05, 4.69) is 4.98 Å². The summed E-state index contributed by atoms with van der Waals surface area (Å²) in [6, 6.07) is 15.1. The van der Waals surface area contributed by atoms with Crippen molar-refractivity contribution in [1.29, 1.82) is 0 Å². The normalized spacial score (nSPS) is 10.7. The van der Waals surface area contributed by atoms with E-state index in [1.807, 2.05) is 43.3 Å². The maximum atomic E-state index is 11.1. The standard InChI is InChI=1S/C17H13NO2/c1-11-4-5-14(17(19)20)10-15(11)12-6-7-16-13(9-12)3-2-8-18-16/h2-10H,1H3,(H,19,20). The molecule has 0 unspecified atom stereocenters. The van der Waals surface area contributed by atoms with Gasteiger partial charge in [0.2, 0.25) is 0 Å². The first kappa shape index (κ1) is 12.4. The molecule has 98 valence electrons. The molecule has 0 saturated heterocycles. The molecule has 0 bridgehead atoms. The number of benzene rings is 2. The monoisotopic (exact) mass is 263 g/mol. The summed E-state index contributed by atoms with van der Waals surface area (Å²) in [4.78, 5) is 15.4. The molecule has 1 aromatic heterocycles. The van der Waals surface area contributed by atoms with Gasteiger partial charge in [0.1, 0.15) is 0 Å². The number of carboxylic acids is 1. The maximum Gasteiger partial charge on any atom is 0.335 e. The van der Waals surface area contributed by atoms with Gasteiger partial charge in [0, 0.05) is 11.6 Å². The molecule has 3 aromatic rings. The molecule has 0 aliphatic rings. The lowest BCUT2D eigenvalue weighted by Crippen LogP contribution is -1.97. The van der Waals surface area contributed by atoms with Gasteiger partial charge in [0.15, 0.2) is 0 Å². The number of pyridine rings is 1. The highest BCUT2D eigenvalue weighted by Crippen LogP contribution is 2.27. The third kappa shape index (κ3) is 2.14. The molecule has 1 N–H and O–H groups in total. The van der Waals surface area contributed by atoms with Gasteiger partial charge in [0.05, 0.1) is 11.1 Å².